The van der Waals surface area contributed by atoms with Crippen LogP contribution < -0.4 is 15.2 Å². The van der Waals surface area contributed by atoms with Gasteiger partial charge in [0.05, 0.1) is 31.8 Å². The van der Waals surface area contributed by atoms with Crippen LogP contribution in [-0.4, -0.2) is 62.6 Å². The van der Waals surface area contributed by atoms with Crippen LogP contribution in [0.4, 0.5) is 4.79 Å². The van der Waals surface area contributed by atoms with E-state index >= 15 is 0 Å². The molecule has 9 nitrogen and oxygen atoms in total. The molecular weight excluding hydrogens is 447 g/mol. The molecule has 33 heavy (non-hydrogen) atoms. The van der Waals surface area contributed by atoms with Gasteiger partial charge in [-0.15, -0.1) is 0 Å². The number of nitrogens with zero attached hydrogens (tertiary/aromatic N) is 1. The van der Waals surface area contributed by atoms with Crippen molar-refractivity contribution in [2.75, 3.05) is 33.5 Å². The first-order valence-corrected chi connectivity index (χ1v) is 11.0. The van der Waals surface area contributed by atoms with Crippen molar-refractivity contribution in [2.24, 2.45) is 5.73 Å². The van der Waals surface area contributed by atoms with E-state index in [1.807, 2.05) is 13.0 Å². The Hall–Kier alpha value is -2.61. The van der Waals surface area contributed by atoms with Gasteiger partial charge in [0.25, 0.3) is 0 Å². The van der Waals surface area contributed by atoms with Gasteiger partial charge in [0.2, 0.25) is 0 Å². The molecule has 1 aliphatic rings. The number of amides is 1. The van der Waals surface area contributed by atoms with Crippen LogP contribution in [0.25, 0.3) is 0 Å². The number of esters is 1. The molecule has 0 aromatic heterocycles. The second-order valence-corrected chi connectivity index (χ2v) is 7.94. The van der Waals surface area contributed by atoms with Crippen LogP contribution >= 0.6 is 9.47 Å². The van der Waals surface area contributed by atoms with Gasteiger partial charge in [0.15, 0.2) is 11.5 Å². The number of methoxy groups -OCH3 is 1. The molecule has 0 bridgehead atoms. The first kappa shape index (κ1) is 26.6. The smallest absolute Gasteiger partial charge is 0.411 e. The molecule has 1 amide bonds. The second-order valence-electron chi connectivity index (χ2n) is 7.60. The van der Waals surface area contributed by atoms with E-state index in [0.717, 1.165) is 11.1 Å². The first-order valence-electron chi connectivity index (χ1n) is 10.5. The molecule has 182 valence electrons. The zero-order chi connectivity index (χ0) is 24.5. The number of carbonyl (C=O) groups excluding carboxylic acids is 2. The molecule has 1 aromatic rings. The fraction of sp³-hybridized carbons (Fsp3) is 0.478. The summed E-state index contributed by atoms with van der Waals surface area (Å²) >= 11 is 0. The van der Waals surface area contributed by atoms with Crippen LogP contribution in [-0.2, 0) is 25.2 Å². The third-order valence-corrected chi connectivity index (χ3v) is 5.44. The molecule has 1 heterocycles. The van der Waals surface area contributed by atoms with Gasteiger partial charge in [-0.05, 0) is 24.5 Å². The maximum Gasteiger partial charge on any atom is 0.411 e. The van der Waals surface area contributed by atoms with Gasteiger partial charge >= 0.3 is 12.1 Å². The molecule has 1 aliphatic heterocycles. The molecule has 0 saturated heterocycles. The van der Waals surface area contributed by atoms with Crippen molar-refractivity contribution in [1.29, 1.82) is 0 Å². The number of fused-ring (bicyclic) bond motifs is 1. The van der Waals surface area contributed by atoms with E-state index in [-0.39, 0.29) is 26.4 Å². The number of rotatable bonds is 11. The molecule has 2 unspecified atom stereocenters. The second kappa shape index (κ2) is 12.6. The van der Waals surface area contributed by atoms with Crippen LogP contribution in [0, 0.1) is 6.92 Å². The summed E-state index contributed by atoms with van der Waals surface area (Å²) in [6, 6.07) is 0.0978. The summed E-state index contributed by atoms with van der Waals surface area (Å²) in [5.74, 6) is 0.566. The van der Waals surface area contributed by atoms with Crippen LogP contribution in [0.5, 0.6) is 11.5 Å². The Morgan fingerprint density at radius 3 is 2.55 bits per heavy atom. The highest BCUT2D eigenvalue weighted by atomic mass is 31.0. The van der Waals surface area contributed by atoms with E-state index in [1.54, 1.807) is 13.2 Å². The normalized spacial score (nSPS) is 18.0. The third kappa shape index (κ3) is 6.25. The van der Waals surface area contributed by atoms with Gasteiger partial charge in [0, 0.05) is 22.0 Å². The van der Waals surface area contributed by atoms with Crippen molar-refractivity contribution in [1.82, 2.24) is 4.90 Å². The number of nitrogens with two attached hydrogens (primary N) is 1. The molecule has 10 heteroatoms. The lowest BCUT2D eigenvalue weighted by Gasteiger charge is -2.45. The molecule has 1 aromatic carbocycles. The summed E-state index contributed by atoms with van der Waals surface area (Å²) in [6.07, 6.45) is 2.88. The zero-order valence-electron chi connectivity index (χ0n) is 19.4. The van der Waals surface area contributed by atoms with Crippen molar-refractivity contribution in [2.45, 2.75) is 38.4 Å². The van der Waals surface area contributed by atoms with E-state index in [1.165, 1.54) is 17.9 Å². The monoisotopic (exact) mass is 480 g/mol. The number of carbonyl (C=O) groups is 2. The fourth-order valence-corrected chi connectivity index (χ4v) is 4.27. The zero-order valence-corrected chi connectivity index (χ0v) is 20.5. The summed E-state index contributed by atoms with van der Waals surface area (Å²) < 4.78 is 27.6. The Morgan fingerprint density at radius 1 is 1.27 bits per heavy atom. The van der Waals surface area contributed by atoms with Gasteiger partial charge in [0.1, 0.15) is 19.8 Å². The largest absolute Gasteiger partial charge is 0.493 e. The quantitative estimate of drug-likeness (QED) is 0.293. The van der Waals surface area contributed by atoms with Crippen molar-refractivity contribution < 1.29 is 33.1 Å². The highest BCUT2D eigenvalue weighted by Gasteiger charge is 2.44. The molecule has 0 radical (unpaired) electrons. The highest BCUT2D eigenvalue weighted by Crippen LogP contribution is 2.47. The molecule has 0 fully saturated rings. The predicted octanol–water partition coefficient (Wildman–Crippen LogP) is 2.86. The Labute approximate surface area is 197 Å². The minimum absolute atomic E-state index is 0.0155. The highest BCUT2D eigenvalue weighted by molar-refractivity contribution is 7.09. The van der Waals surface area contributed by atoms with Gasteiger partial charge in [-0.2, -0.15) is 0 Å². The summed E-state index contributed by atoms with van der Waals surface area (Å²) in [6.45, 7) is 10.9. The van der Waals surface area contributed by atoms with Gasteiger partial charge < -0.3 is 29.2 Å². The number of benzene rings is 1. The van der Waals surface area contributed by atoms with Crippen LogP contribution in [0.2, 0.25) is 0 Å². The Balaban J connectivity index is 2.74. The molecule has 0 spiro atoms. The SMILES string of the molecule is C=CCOC(=O)N1C([C@@H](N)COP)c2c(cc(C)c(OC)c2OCC=C)C[C@H]1COC(C)=O. The van der Waals surface area contributed by atoms with E-state index < -0.39 is 30.2 Å². The number of ether oxygens (including phenoxy) is 4. The third-order valence-electron chi connectivity index (χ3n) is 5.25. The molecule has 4 atom stereocenters. The molecule has 2 rings (SSSR count). The number of aryl methyl sites for hydroxylation is 1. The number of hydrogen-bond acceptors (Lipinski definition) is 8. The topological polar surface area (TPSA) is 110 Å². The standard InChI is InChI=1S/C23H33N2O7P/c1-6-8-29-22-19-16(10-14(3)21(22)28-5)11-17(12-31-15(4)26)25(23(27)30-9-7-2)20(19)18(24)13-32-33/h6-7,10,17-18,20H,1-2,8-9,11-13,24,33H2,3-5H3/t17-,18-,20?/m0/s1. The lowest BCUT2D eigenvalue weighted by atomic mass is 9.83. The summed E-state index contributed by atoms with van der Waals surface area (Å²) in [7, 11) is 3.72. The van der Waals surface area contributed by atoms with E-state index in [9.17, 15) is 9.59 Å². The minimum atomic E-state index is -0.707. The fourth-order valence-electron chi connectivity index (χ4n) is 4.05. The van der Waals surface area contributed by atoms with E-state index in [4.69, 9.17) is 29.2 Å². The molecule has 2 N–H and O–H groups in total. The van der Waals surface area contributed by atoms with Crippen molar-refractivity contribution in [3.63, 3.8) is 0 Å². The molecule has 0 saturated carbocycles. The predicted molar refractivity (Wildman–Crippen MR) is 127 cm³/mol. The number of hydrogen-bond donors (Lipinski definition) is 1. The maximum absolute atomic E-state index is 13.2. The molecular formula is C23H33N2O7P. The van der Waals surface area contributed by atoms with Crippen LogP contribution in [0.3, 0.4) is 0 Å². The first-order chi connectivity index (χ1) is 15.8. The lowest BCUT2D eigenvalue weighted by molar-refractivity contribution is -0.143. The van der Waals surface area contributed by atoms with Crippen molar-refractivity contribution >= 4 is 21.5 Å². The van der Waals surface area contributed by atoms with E-state index in [2.05, 4.69) is 22.6 Å². The minimum Gasteiger partial charge on any atom is -0.493 e. The Bertz CT molecular complexity index is 877. The van der Waals surface area contributed by atoms with Gasteiger partial charge in [-0.1, -0.05) is 31.4 Å². The Kier molecular flexibility index (Phi) is 10.2. The van der Waals surface area contributed by atoms with Gasteiger partial charge in [-0.25, -0.2) is 4.79 Å². The maximum atomic E-state index is 13.2. The summed E-state index contributed by atoms with van der Waals surface area (Å²) in [5.41, 5.74) is 9.01. The average Bonchev–Trinajstić information content (AvgIpc) is 2.78. The summed E-state index contributed by atoms with van der Waals surface area (Å²) in [5, 5.41) is 0. The van der Waals surface area contributed by atoms with E-state index in [0.29, 0.717) is 23.5 Å². The van der Waals surface area contributed by atoms with Crippen LogP contribution in [0.15, 0.2) is 31.4 Å². The Morgan fingerprint density at radius 2 is 1.97 bits per heavy atom. The average molecular weight is 480 g/mol. The molecule has 0 aliphatic carbocycles. The van der Waals surface area contributed by atoms with Crippen molar-refractivity contribution in [3.05, 3.63) is 48.1 Å². The lowest BCUT2D eigenvalue weighted by Crippen LogP contribution is -2.55. The summed E-state index contributed by atoms with van der Waals surface area (Å²) in [4.78, 5) is 26.3. The van der Waals surface area contributed by atoms with Gasteiger partial charge in [-0.3, -0.25) is 9.69 Å². The van der Waals surface area contributed by atoms with Crippen molar-refractivity contribution in [3.8, 4) is 11.5 Å². The van der Waals surface area contributed by atoms with Crippen LogP contribution in [0.1, 0.15) is 29.7 Å².